The van der Waals surface area contributed by atoms with Crippen molar-refractivity contribution >= 4 is 0 Å². The number of aromatic hydroxyl groups is 1. The highest BCUT2D eigenvalue weighted by Gasteiger charge is 2.22. The summed E-state index contributed by atoms with van der Waals surface area (Å²) in [6.45, 7) is 1.83. The van der Waals surface area contributed by atoms with Crippen LogP contribution < -0.4 is 5.56 Å². The molecule has 0 atom stereocenters. The van der Waals surface area contributed by atoms with Crippen molar-refractivity contribution in [3.63, 3.8) is 0 Å². The molecule has 0 aliphatic carbocycles. The van der Waals surface area contributed by atoms with Gasteiger partial charge in [0.2, 0.25) is 0 Å². The molecule has 0 radical (unpaired) electrons. The number of pyridine rings is 2. The number of hydrogen-bond donors (Lipinski definition) is 1. The first-order chi connectivity index (χ1) is 13.2. The fourth-order valence-corrected chi connectivity index (χ4v) is 3.34. The Morgan fingerprint density at radius 2 is 1.44 bits per heavy atom. The Kier molecular flexibility index (Phi) is 4.30. The van der Waals surface area contributed by atoms with Crippen LogP contribution in [0.4, 0.5) is 0 Å². The first kappa shape index (κ1) is 16.8. The van der Waals surface area contributed by atoms with E-state index in [0.29, 0.717) is 22.5 Å². The van der Waals surface area contributed by atoms with Gasteiger partial charge in [-0.1, -0.05) is 54.6 Å². The van der Waals surface area contributed by atoms with Gasteiger partial charge in [-0.05, 0) is 36.8 Å². The lowest BCUT2D eigenvalue weighted by atomic mass is 9.99. The molecule has 2 aromatic heterocycles. The van der Waals surface area contributed by atoms with E-state index in [1.54, 1.807) is 10.8 Å². The van der Waals surface area contributed by atoms with Gasteiger partial charge in [-0.2, -0.15) is 0 Å². The van der Waals surface area contributed by atoms with E-state index in [0.717, 1.165) is 5.69 Å². The van der Waals surface area contributed by atoms with E-state index in [-0.39, 0.29) is 16.9 Å². The molecule has 4 aromatic rings. The summed E-state index contributed by atoms with van der Waals surface area (Å²) in [6.07, 6.45) is 1.67. The highest BCUT2D eigenvalue weighted by atomic mass is 16.3. The molecule has 4 rings (SSSR count). The van der Waals surface area contributed by atoms with Gasteiger partial charge in [0.15, 0.2) is 0 Å². The maximum absolute atomic E-state index is 13.4. The fraction of sp³-hybridized carbons (Fsp3) is 0.0435. The van der Waals surface area contributed by atoms with Gasteiger partial charge >= 0.3 is 0 Å². The van der Waals surface area contributed by atoms with Crippen LogP contribution >= 0.6 is 0 Å². The highest BCUT2D eigenvalue weighted by Crippen LogP contribution is 2.37. The molecule has 2 heterocycles. The molecule has 4 heteroatoms. The molecule has 0 aliphatic heterocycles. The zero-order valence-corrected chi connectivity index (χ0v) is 14.8. The summed E-state index contributed by atoms with van der Waals surface area (Å²) in [7, 11) is 0. The molecular formula is C23H18N2O2. The predicted molar refractivity (Wildman–Crippen MR) is 107 cm³/mol. The maximum atomic E-state index is 13.4. The molecule has 4 nitrogen and oxygen atoms in total. The molecule has 132 valence electrons. The van der Waals surface area contributed by atoms with Crippen molar-refractivity contribution in [1.82, 2.24) is 9.55 Å². The maximum Gasteiger partial charge on any atom is 0.266 e. The van der Waals surface area contributed by atoms with Crippen molar-refractivity contribution in [3.8, 4) is 33.8 Å². The molecule has 27 heavy (non-hydrogen) atoms. The average Bonchev–Trinajstić information content (AvgIpc) is 2.70. The molecule has 0 aliphatic rings. The second-order valence-electron chi connectivity index (χ2n) is 6.24. The minimum atomic E-state index is -0.262. The summed E-state index contributed by atoms with van der Waals surface area (Å²) in [5.41, 5.74) is 3.23. The third-order valence-corrected chi connectivity index (χ3v) is 4.59. The Labute approximate surface area is 157 Å². The minimum absolute atomic E-state index is 0.0467. The van der Waals surface area contributed by atoms with Crippen LogP contribution in [0.15, 0.2) is 89.9 Å². The number of rotatable bonds is 3. The van der Waals surface area contributed by atoms with Crippen LogP contribution in [-0.4, -0.2) is 14.7 Å². The Morgan fingerprint density at radius 1 is 0.815 bits per heavy atom. The van der Waals surface area contributed by atoms with Crippen molar-refractivity contribution in [2.24, 2.45) is 0 Å². The van der Waals surface area contributed by atoms with E-state index < -0.39 is 0 Å². The van der Waals surface area contributed by atoms with Gasteiger partial charge in [0, 0.05) is 17.6 Å². The zero-order valence-electron chi connectivity index (χ0n) is 14.8. The van der Waals surface area contributed by atoms with Gasteiger partial charge in [-0.3, -0.25) is 14.3 Å². The van der Waals surface area contributed by atoms with Crippen LogP contribution in [-0.2, 0) is 0 Å². The van der Waals surface area contributed by atoms with Gasteiger partial charge in [0.05, 0.1) is 16.8 Å². The number of nitrogens with zero attached hydrogens (tertiary/aromatic N) is 2. The number of benzene rings is 2. The molecule has 0 saturated carbocycles. The van der Waals surface area contributed by atoms with Gasteiger partial charge in [0.1, 0.15) is 5.75 Å². The van der Waals surface area contributed by atoms with Crippen LogP contribution in [0.25, 0.3) is 28.1 Å². The molecule has 1 N–H and O–H groups in total. The topological polar surface area (TPSA) is 55.1 Å². The number of aromatic nitrogens is 2. The molecule has 2 aromatic carbocycles. The number of para-hydroxylation sites is 1. The SMILES string of the molecule is Cc1c(-c2ccccn2)c(O)c(-c2ccccc2)c(=O)n1-c1ccccc1. The third kappa shape index (κ3) is 2.91. The van der Waals surface area contributed by atoms with Crippen LogP contribution in [0.3, 0.4) is 0 Å². The molecular weight excluding hydrogens is 336 g/mol. The van der Waals surface area contributed by atoms with Gasteiger partial charge in [0.25, 0.3) is 5.56 Å². The van der Waals surface area contributed by atoms with Crippen molar-refractivity contribution in [3.05, 3.63) is 101 Å². The van der Waals surface area contributed by atoms with Crippen molar-refractivity contribution < 1.29 is 5.11 Å². The van der Waals surface area contributed by atoms with Crippen LogP contribution in [0.1, 0.15) is 5.69 Å². The molecule has 0 bridgehead atoms. The van der Waals surface area contributed by atoms with E-state index in [1.807, 2.05) is 85.8 Å². The van der Waals surface area contributed by atoms with Crippen LogP contribution in [0, 0.1) is 6.92 Å². The van der Waals surface area contributed by atoms with Gasteiger partial charge in [-0.15, -0.1) is 0 Å². The molecule has 0 fully saturated rings. The lowest BCUT2D eigenvalue weighted by Crippen LogP contribution is -2.23. The Bertz CT molecular complexity index is 1070. The van der Waals surface area contributed by atoms with Crippen molar-refractivity contribution in [1.29, 1.82) is 0 Å². The second kappa shape index (κ2) is 6.92. The first-order valence-electron chi connectivity index (χ1n) is 8.69. The summed E-state index contributed by atoms with van der Waals surface area (Å²) in [5.74, 6) is -0.0467. The highest BCUT2D eigenvalue weighted by molar-refractivity contribution is 5.82. The molecule has 0 saturated heterocycles. The second-order valence-corrected chi connectivity index (χ2v) is 6.24. The third-order valence-electron chi connectivity index (χ3n) is 4.59. The Morgan fingerprint density at radius 3 is 2.07 bits per heavy atom. The first-order valence-corrected chi connectivity index (χ1v) is 8.69. The molecule has 0 unspecified atom stereocenters. The minimum Gasteiger partial charge on any atom is -0.506 e. The molecule has 0 spiro atoms. The van der Waals surface area contributed by atoms with Crippen molar-refractivity contribution in [2.75, 3.05) is 0 Å². The smallest absolute Gasteiger partial charge is 0.266 e. The van der Waals surface area contributed by atoms with E-state index >= 15 is 0 Å². The Balaban J connectivity index is 2.14. The Hall–Kier alpha value is -3.66. The van der Waals surface area contributed by atoms with E-state index in [4.69, 9.17) is 0 Å². The lowest BCUT2D eigenvalue weighted by molar-refractivity contribution is 0.476. The quantitative estimate of drug-likeness (QED) is 0.586. The van der Waals surface area contributed by atoms with Crippen molar-refractivity contribution in [2.45, 2.75) is 6.92 Å². The average molecular weight is 354 g/mol. The van der Waals surface area contributed by atoms with Crippen LogP contribution in [0.5, 0.6) is 5.75 Å². The monoisotopic (exact) mass is 354 g/mol. The largest absolute Gasteiger partial charge is 0.506 e. The summed E-state index contributed by atoms with van der Waals surface area (Å²) < 4.78 is 1.63. The molecule has 0 amide bonds. The summed E-state index contributed by atoms with van der Waals surface area (Å²) in [4.78, 5) is 17.8. The summed E-state index contributed by atoms with van der Waals surface area (Å²) in [6, 6.07) is 24.2. The van der Waals surface area contributed by atoms with E-state index in [1.165, 1.54) is 0 Å². The zero-order chi connectivity index (χ0) is 18.8. The van der Waals surface area contributed by atoms with Gasteiger partial charge < -0.3 is 5.11 Å². The number of hydrogen-bond acceptors (Lipinski definition) is 3. The fourth-order valence-electron chi connectivity index (χ4n) is 3.34. The summed E-state index contributed by atoms with van der Waals surface area (Å²) >= 11 is 0. The van der Waals surface area contributed by atoms with E-state index in [9.17, 15) is 9.90 Å². The normalized spacial score (nSPS) is 10.7. The standard InChI is InChI=1S/C23H18N2O2/c1-16-20(19-14-8-9-15-24-19)22(26)21(17-10-4-2-5-11-17)23(27)25(16)18-12-6-3-7-13-18/h2-15,26H,1H3. The summed E-state index contributed by atoms with van der Waals surface area (Å²) in [5, 5.41) is 11.1. The lowest BCUT2D eigenvalue weighted by Gasteiger charge is -2.18. The van der Waals surface area contributed by atoms with Gasteiger partial charge in [-0.25, -0.2) is 0 Å². The van der Waals surface area contributed by atoms with Crippen LogP contribution in [0.2, 0.25) is 0 Å². The van der Waals surface area contributed by atoms with E-state index in [2.05, 4.69) is 4.98 Å². The predicted octanol–water partition coefficient (Wildman–Crippen LogP) is 4.58.